The zero-order valence-electron chi connectivity index (χ0n) is 16.7. The van der Waals surface area contributed by atoms with Crippen LogP contribution in [-0.4, -0.2) is 22.8 Å². The van der Waals surface area contributed by atoms with Crippen molar-refractivity contribution in [1.82, 2.24) is 9.55 Å². The summed E-state index contributed by atoms with van der Waals surface area (Å²) in [7, 11) is 0. The molecule has 0 spiro atoms. The van der Waals surface area contributed by atoms with Crippen LogP contribution in [0.3, 0.4) is 0 Å². The Kier molecular flexibility index (Phi) is 5.48. The third-order valence-corrected chi connectivity index (χ3v) is 6.31. The number of aromatic nitrogens is 2. The number of nitriles is 1. The van der Waals surface area contributed by atoms with E-state index in [0.717, 1.165) is 5.56 Å². The van der Waals surface area contributed by atoms with E-state index in [2.05, 4.69) is 6.07 Å². The molecule has 8 heteroatoms. The van der Waals surface area contributed by atoms with Crippen LogP contribution in [0.5, 0.6) is 11.5 Å². The maximum absolute atomic E-state index is 13.3. The highest BCUT2D eigenvalue weighted by atomic mass is 35.5. The van der Waals surface area contributed by atoms with Crippen LogP contribution in [0.2, 0.25) is 5.02 Å². The molecule has 3 aromatic carbocycles. The van der Waals surface area contributed by atoms with E-state index in [4.69, 9.17) is 31.3 Å². The van der Waals surface area contributed by atoms with Crippen molar-refractivity contribution in [2.75, 3.05) is 13.2 Å². The lowest BCUT2D eigenvalue weighted by Crippen LogP contribution is -2.21. The minimum absolute atomic E-state index is 0.164. The smallest absolute Gasteiger partial charge is 0.266 e. The van der Waals surface area contributed by atoms with Crippen molar-refractivity contribution >= 4 is 34.3 Å². The zero-order valence-corrected chi connectivity index (χ0v) is 18.3. The molecule has 0 aliphatic carbocycles. The Morgan fingerprint density at radius 3 is 2.69 bits per heavy atom. The number of thioether (sulfide) groups is 1. The fraction of sp³-hybridized carbons (Fsp3) is 0.125. The molecule has 4 aromatic rings. The summed E-state index contributed by atoms with van der Waals surface area (Å²) in [5.41, 5.74) is 2.57. The van der Waals surface area contributed by atoms with Crippen molar-refractivity contribution in [3.8, 4) is 23.3 Å². The molecule has 0 radical (unpaired) electrons. The van der Waals surface area contributed by atoms with E-state index in [1.54, 1.807) is 34.9 Å². The molecule has 1 aromatic heterocycles. The molecule has 32 heavy (non-hydrogen) atoms. The second-order valence-corrected chi connectivity index (χ2v) is 8.45. The highest BCUT2D eigenvalue weighted by Gasteiger charge is 2.18. The molecule has 0 amide bonds. The van der Waals surface area contributed by atoms with Gasteiger partial charge >= 0.3 is 0 Å². The van der Waals surface area contributed by atoms with E-state index < -0.39 is 0 Å². The molecule has 0 fully saturated rings. The first kappa shape index (κ1) is 20.4. The van der Waals surface area contributed by atoms with Gasteiger partial charge in [0.05, 0.1) is 33.2 Å². The summed E-state index contributed by atoms with van der Waals surface area (Å²) < 4.78 is 12.8. The van der Waals surface area contributed by atoms with Crippen molar-refractivity contribution < 1.29 is 9.47 Å². The molecule has 0 unspecified atom stereocenters. The molecular formula is C24H16ClN3O3S. The van der Waals surface area contributed by atoms with E-state index in [1.165, 1.54) is 11.8 Å². The van der Waals surface area contributed by atoms with E-state index in [1.807, 2.05) is 30.3 Å². The first-order chi connectivity index (χ1) is 15.6. The lowest BCUT2D eigenvalue weighted by molar-refractivity contribution is 0.171. The van der Waals surface area contributed by atoms with Gasteiger partial charge in [0.25, 0.3) is 5.56 Å². The average Bonchev–Trinajstić information content (AvgIpc) is 2.83. The fourth-order valence-electron chi connectivity index (χ4n) is 3.52. The topological polar surface area (TPSA) is 77.1 Å². The first-order valence-corrected chi connectivity index (χ1v) is 11.2. The Hall–Kier alpha value is -3.47. The summed E-state index contributed by atoms with van der Waals surface area (Å²) in [6, 6.07) is 20.0. The predicted octanol–water partition coefficient (Wildman–Crippen LogP) is 4.97. The van der Waals surface area contributed by atoms with Gasteiger partial charge in [0, 0.05) is 5.75 Å². The third kappa shape index (κ3) is 3.79. The Balaban J connectivity index is 1.56. The number of hydrogen-bond acceptors (Lipinski definition) is 6. The van der Waals surface area contributed by atoms with Crippen molar-refractivity contribution in [2.45, 2.75) is 10.9 Å². The molecule has 1 aliphatic heterocycles. The van der Waals surface area contributed by atoms with Crippen molar-refractivity contribution in [1.29, 1.82) is 5.26 Å². The van der Waals surface area contributed by atoms with Gasteiger partial charge in [-0.05, 0) is 54.1 Å². The van der Waals surface area contributed by atoms with E-state index in [-0.39, 0.29) is 5.56 Å². The lowest BCUT2D eigenvalue weighted by atomic mass is 10.2. The Labute approximate surface area is 193 Å². The SMILES string of the molecule is N#Cc1ccc(-n2c(SCc3cc(Cl)c4c(c3)OCCO4)nc3ccccc3c2=O)cc1. The Bertz CT molecular complexity index is 1430. The normalized spacial score (nSPS) is 12.5. The van der Waals surface area contributed by atoms with Gasteiger partial charge < -0.3 is 9.47 Å². The van der Waals surface area contributed by atoms with Crippen LogP contribution in [-0.2, 0) is 5.75 Å². The standard InChI is InChI=1S/C24H16ClN3O3S/c25-19-11-16(12-21-22(19)31-10-9-30-21)14-32-24-27-20-4-2-1-3-18(20)23(29)28(24)17-7-5-15(13-26)6-8-17/h1-8,11-12H,9-10,14H2. The highest BCUT2D eigenvalue weighted by molar-refractivity contribution is 7.98. The van der Waals surface area contributed by atoms with Gasteiger partial charge in [-0.1, -0.05) is 35.5 Å². The number of benzene rings is 3. The summed E-state index contributed by atoms with van der Waals surface area (Å²) in [5, 5.41) is 10.7. The zero-order chi connectivity index (χ0) is 22.1. The molecular weight excluding hydrogens is 446 g/mol. The van der Waals surface area contributed by atoms with E-state index in [9.17, 15) is 4.79 Å². The highest BCUT2D eigenvalue weighted by Crippen LogP contribution is 2.39. The molecule has 0 N–H and O–H groups in total. The number of fused-ring (bicyclic) bond motifs is 2. The molecule has 6 nitrogen and oxygen atoms in total. The number of ether oxygens (including phenoxy) is 2. The predicted molar refractivity (Wildman–Crippen MR) is 124 cm³/mol. The summed E-state index contributed by atoms with van der Waals surface area (Å²) in [6.07, 6.45) is 0. The molecule has 5 rings (SSSR count). The summed E-state index contributed by atoms with van der Waals surface area (Å²) in [4.78, 5) is 18.1. The number of para-hydroxylation sites is 1. The maximum Gasteiger partial charge on any atom is 0.266 e. The Morgan fingerprint density at radius 2 is 1.88 bits per heavy atom. The van der Waals surface area contributed by atoms with E-state index in [0.29, 0.717) is 62.8 Å². The summed E-state index contributed by atoms with van der Waals surface area (Å²) >= 11 is 7.80. The van der Waals surface area contributed by atoms with Crippen LogP contribution in [0.25, 0.3) is 16.6 Å². The number of rotatable bonds is 4. The van der Waals surface area contributed by atoms with Crippen LogP contribution in [0.15, 0.2) is 70.6 Å². The van der Waals surface area contributed by atoms with Crippen molar-refractivity contribution in [3.63, 3.8) is 0 Å². The lowest BCUT2D eigenvalue weighted by Gasteiger charge is -2.20. The molecule has 158 valence electrons. The van der Waals surface area contributed by atoms with Gasteiger partial charge in [0.15, 0.2) is 16.7 Å². The van der Waals surface area contributed by atoms with Gasteiger partial charge in [-0.2, -0.15) is 5.26 Å². The third-order valence-electron chi connectivity index (χ3n) is 5.02. The number of hydrogen-bond donors (Lipinski definition) is 0. The van der Waals surface area contributed by atoms with Gasteiger partial charge in [-0.15, -0.1) is 0 Å². The second kappa shape index (κ2) is 8.58. The van der Waals surface area contributed by atoms with E-state index >= 15 is 0 Å². The number of halogens is 1. The molecule has 0 saturated carbocycles. The molecule has 0 bridgehead atoms. The molecule has 1 aliphatic rings. The van der Waals surface area contributed by atoms with Crippen LogP contribution < -0.4 is 15.0 Å². The maximum atomic E-state index is 13.3. The van der Waals surface area contributed by atoms with Crippen LogP contribution in [0.1, 0.15) is 11.1 Å². The van der Waals surface area contributed by atoms with Crippen LogP contribution in [0, 0.1) is 11.3 Å². The van der Waals surface area contributed by atoms with Gasteiger partial charge in [0.2, 0.25) is 0 Å². The first-order valence-electron chi connectivity index (χ1n) is 9.87. The minimum atomic E-state index is -0.164. The molecule has 2 heterocycles. The Morgan fingerprint density at radius 1 is 1.09 bits per heavy atom. The van der Waals surface area contributed by atoms with Gasteiger partial charge in [0.1, 0.15) is 13.2 Å². The summed E-state index contributed by atoms with van der Waals surface area (Å²) in [6.45, 7) is 0.948. The average molecular weight is 462 g/mol. The van der Waals surface area contributed by atoms with Gasteiger partial charge in [-0.3, -0.25) is 9.36 Å². The van der Waals surface area contributed by atoms with Crippen molar-refractivity contribution in [3.05, 3.63) is 87.2 Å². The quantitative estimate of drug-likeness (QED) is 0.315. The van der Waals surface area contributed by atoms with Gasteiger partial charge in [-0.25, -0.2) is 4.98 Å². The molecule has 0 saturated heterocycles. The minimum Gasteiger partial charge on any atom is -0.486 e. The largest absolute Gasteiger partial charge is 0.486 e. The van der Waals surface area contributed by atoms with Crippen LogP contribution >= 0.6 is 23.4 Å². The number of nitrogens with zero attached hydrogens (tertiary/aromatic N) is 3. The van der Waals surface area contributed by atoms with Crippen molar-refractivity contribution in [2.24, 2.45) is 0 Å². The second-order valence-electron chi connectivity index (χ2n) is 7.10. The monoisotopic (exact) mass is 461 g/mol. The summed E-state index contributed by atoms with van der Waals surface area (Å²) in [5.74, 6) is 1.71. The van der Waals surface area contributed by atoms with Crippen LogP contribution in [0.4, 0.5) is 0 Å². The molecule has 0 atom stereocenters. The fourth-order valence-corrected chi connectivity index (χ4v) is 4.75.